The monoisotopic (exact) mass is 388 g/mol. The molecule has 0 saturated heterocycles. The van der Waals surface area contributed by atoms with Crippen LogP contribution in [0.25, 0.3) is 5.65 Å². The molecular weight excluding hydrogens is 368 g/mol. The molecule has 2 heterocycles. The first-order chi connectivity index (χ1) is 12.8. The molecule has 8 nitrogen and oxygen atoms in total. The summed E-state index contributed by atoms with van der Waals surface area (Å²) in [7, 11) is 0. The van der Waals surface area contributed by atoms with Gasteiger partial charge in [-0.1, -0.05) is 41.9 Å². The number of benzene rings is 1. The molecule has 1 aromatic carbocycles. The predicted octanol–water partition coefficient (Wildman–Crippen LogP) is 1.89. The van der Waals surface area contributed by atoms with Crippen LogP contribution in [0, 0.1) is 0 Å². The number of amides is 1. The van der Waals surface area contributed by atoms with E-state index in [1.165, 1.54) is 4.52 Å². The lowest BCUT2D eigenvalue weighted by molar-refractivity contribution is -0.126. The Morgan fingerprint density at radius 2 is 2.00 bits per heavy atom. The molecule has 27 heavy (non-hydrogen) atoms. The summed E-state index contributed by atoms with van der Waals surface area (Å²) in [6.45, 7) is 3.82. The Hall–Kier alpha value is -2.55. The molecule has 3 rings (SSSR count). The zero-order valence-electron chi connectivity index (χ0n) is 15.1. The number of carbonyl (C=O) groups is 1. The highest BCUT2D eigenvalue weighted by atomic mass is 35.5. The summed E-state index contributed by atoms with van der Waals surface area (Å²) in [5, 5.41) is 15.6. The third-order valence-electron chi connectivity index (χ3n) is 3.85. The van der Waals surface area contributed by atoms with E-state index in [0.29, 0.717) is 18.1 Å². The molecule has 0 radical (unpaired) electrons. The number of hydrogen-bond acceptors (Lipinski definition) is 6. The van der Waals surface area contributed by atoms with Crippen molar-refractivity contribution < 1.29 is 9.53 Å². The van der Waals surface area contributed by atoms with Gasteiger partial charge in [0.15, 0.2) is 11.5 Å². The molecule has 1 amide bonds. The normalized spacial score (nSPS) is 12.9. The van der Waals surface area contributed by atoms with E-state index in [-0.39, 0.29) is 17.7 Å². The van der Waals surface area contributed by atoms with Crippen LogP contribution in [-0.4, -0.2) is 37.9 Å². The topological polar surface area (TPSA) is 107 Å². The Bertz CT molecular complexity index is 922. The van der Waals surface area contributed by atoms with Crippen molar-refractivity contribution in [3.63, 3.8) is 0 Å². The molecule has 3 aromatic rings. The number of nitrogens with zero attached hydrogens (tertiary/aromatic N) is 4. The van der Waals surface area contributed by atoms with Crippen molar-refractivity contribution in [3.8, 4) is 0 Å². The van der Waals surface area contributed by atoms with Crippen LogP contribution in [-0.2, 0) is 16.1 Å². The highest BCUT2D eigenvalue weighted by Crippen LogP contribution is 2.16. The number of ether oxygens (including phenoxy) is 1. The van der Waals surface area contributed by atoms with E-state index in [1.807, 2.05) is 30.3 Å². The fourth-order valence-electron chi connectivity index (χ4n) is 2.39. The zero-order chi connectivity index (χ0) is 19.4. The molecule has 0 saturated carbocycles. The van der Waals surface area contributed by atoms with Crippen LogP contribution in [0.3, 0.4) is 0 Å². The molecule has 0 bridgehead atoms. The van der Waals surface area contributed by atoms with Crippen molar-refractivity contribution in [2.45, 2.75) is 32.0 Å². The van der Waals surface area contributed by atoms with Gasteiger partial charge in [0.25, 0.3) is 0 Å². The second-order valence-electron chi connectivity index (χ2n) is 6.73. The van der Waals surface area contributed by atoms with Gasteiger partial charge < -0.3 is 15.8 Å². The zero-order valence-corrected chi connectivity index (χ0v) is 15.8. The van der Waals surface area contributed by atoms with Gasteiger partial charge in [-0.15, -0.1) is 10.2 Å². The Morgan fingerprint density at radius 3 is 2.70 bits per heavy atom. The second kappa shape index (κ2) is 7.99. The van der Waals surface area contributed by atoms with Crippen molar-refractivity contribution in [1.29, 1.82) is 0 Å². The second-order valence-corrected chi connectivity index (χ2v) is 7.12. The predicted molar refractivity (Wildman–Crippen MR) is 101 cm³/mol. The van der Waals surface area contributed by atoms with Gasteiger partial charge in [0, 0.05) is 0 Å². The van der Waals surface area contributed by atoms with Gasteiger partial charge in [-0.25, -0.2) is 0 Å². The lowest BCUT2D eigenvalue weighted by Gasteiger charge is -2.23. The first-order valence-corrected chi connectivity index (χ1v) is 8.82. The number of rotatable bonds is 7. The Morgan fingerprint density at radius 1 is 1.26 bits per heavy atom. The lowest BCUT2D eigenvalue weighted by Crippen LogP contribution is -2.51. The highest BCUT2D eigenvalue weighted by Gasteiger charge is 2.28. The highest BCUT2D eigenvalue weighted by molar-refractivity contribution is 6.29. The number of aromatic nitrogens is 4. The number of fused-ring (bicyclic) bond motifs is 1. The number of carbonyl (C=O) groups excluding carboxylic acids is 1. The molecule has 142 valence electrons. The van der Waals surface area contributed by atoms with Gasteiger partial charge in [-0.2, -0.15) is 9.61 Å². The Labute approximate surface area is 161 Å². The van der Waals surface area contributed by atoms with Gasteiger partial charge in [0.1, 0.15) is 11.2 Å². The molecule has 2 aromatic heterocycles. The van der Waals surface area contributed by atoms with Gasteiger partial charge >= 0.3 is 0 Å². The number of nitrogens with one attached hydrogen (secondary N) is 1. The summed E-state index contributed by atoms with van der Waals surface area (Å²) in [4.78, 5) is 12.4. The van der Waals surface area contributed by atoms with Crippen LogP contribution in [0.1, 0.15) is 31.3 Å². The van der Waals surface area contributed by atoms with Gasteiger partial charge in [-0.05, 0) is 31.5 Å². The van der Waals surface area contributed by atoms with Gasteiger partial charge in [0.05, 0.1) is 18.8 Å². The summed E-state index contributed by atoms with van der Waals surface area (Å²) < 4.78 is 7.29. The molecule has 0 spiro atoms. The first-order valence-electron chi connectivity index (χ1n) is 8.44. The lowest BCUT2D eigenvalue weighted by atomic mass is 10.1. The van der Waals surface area contributed by atoms with Gasteiger partial charge in [-0.3, -0.25) is 4.79 Å². The summed E-state index contributed by atoms with van der Waals surface area (Å²) >= 11 is 5.99. The van der Waals surface area contributed by atoms with E-state index in [9.17, 15) is 4.79 Å². The third-order valence-corrected chi connectivity index (χ3v) is 4.05. The fraction of sp³-hybridized carbons (Fsp3) is 0.333. The Kier molecular flexibility index (Phi) is 5.69. The number of nitrogens with two attached hydrogens (primary N) is 1. The van der Waals surface area contributed by atoms with Crippen LogP contribution >= 0.6 is 11.6 Å². The molecule has 0 aliphatic heterocycles. The van der Waals surface area contributed by atoms with E-state index in [0.717, 1.165) is 5.56 Å². The van der Waals surface area contributed by atoms with Crippen LogP contribution in [0.5, 0.6) is 0 Å². The molecule has 0 aliphatic carbocycles. The molecule has 0 fully saturated rings. The summed E-state index contributed by atoms with van der Waals surface area (Å²) in [5.74, 6) is 0.0766. The van der Waals surface area contributed by atoms with Crippen molar-refractivity contribution >= 4 is 23.2 Å². The molecule has 0 aliphatic rings. The molecule has 0 unspecified atom stereocenters. The minimum atomic E-state index is -1.05. The maximum atomic E-state index is 12.4. The minimum absolute atomic E-state index is 0.172. The van der Waals surface area contributed by atoms with Crippen molar-refractivity contribution in [3.05, 3.63) is 59.0 Å². The quantitative estimate of drug-likeness (QED) is 0.640. The third kappa shape index (κ3) is 4.79. The smallest absolute Gasteiger partial charge is 0.240 e. The van der Waals surface area contributed by atoms with Crippen molar-refractivity contribution in [1.82, 2.24) is 25.1 Å². The molecular formula is C18H21ClN6O2. The van der Waals surface area contributed by atoms with Crippen LogP contribution in [0.4, 0.5) is 0 Å². The largest absolute Gasteiger partial charge is 0.374 e. The molecule has 1 atom stereocenters. The molecule has 3 N–H and O–H groups in total. The van der Waals surface area contributed by atoms with E-state index >= 15 is 0 Å². The average molecular weight is 389 g/mol. The average Bonchev–Trinajstić information content (AvgIpc) is 3.03. The summed E-state index contributed by atoms with van der Waals surface area (Å²) in [6, 6.07) is 12.5. The van der Waals surface area contributed by atoms with E-state index in [2.05, 4.69) is 20.6 Å². The van der Waals surface area contributed by atoms with E-state index < -0.39 is 11.6 Å². The standard InChI is InChI=1S/C18H21ClN6O2/c1-18(2,20)17(26)21-13(11-27-10-12-6-4-3-5-7-12)16-23-22-15-9-8-14(19)24-25(15)16/h3-9,13H,10-11,20H2,1-2H3,(H,21,26)/t13-/m0/s1. The Balaban J connectivity index is 1.82. The first kappa shape index (κ1) is 19.2. The molecule has 9 heteroatoms. The summed E-state index contributed by atoms with van der Waals surface area (Å²) in [5.41, 5.74) is 6.39. The maximum Gasteiger partial charge on any atom is 0.240 e. The van der Waals surface area contributed by atoms with Crippen LogP contribution in [0.15, 0.2) is 42.5 Å². The van der Waals surface area contributed by atoms with Crippen LogP contribution in [0.2, 0.25) is 5.15 Å². The number of halogens is 1. The fourth-order valence-corrected chi connectivity index (χ4v) is 2.53. The SMILES string of the molecule is CC(C)(N)C(=O)N[C@@H](COCc1ccccc1)c1nnc2ccc(Cl)nn12. The van der Waals surface area contributed by atoms with Gasteiger partial charge in [0.2, 0.25) is 5.91 Å². The number of hydrogen-bond donors (Lipinski definition) is 2. The summed E-state index contributed by atoms with van der Waals surface area (Å²) in [6.07, 6.45) is 0. The van der Waals surface area contributed by atoms with E-state index in [4.69, 9.17) is 22.1 Å². The van der Waals surface area contributed by atoms with Crippen molar-refractivity contribution in [2.75, 3.05) is 6.61 Å². The van der Waals surface area contributed by atoms with E-state index in [1.54, 1.807) is 26.0 Å². The minimum Gasteiger partial charge on any atom is -0.374 e. The van der Waals surface area contributed by atoms with Crippen molar-refractivity contribution in [2.24, 2.45) is 5.73 Å². The van der Waals surface area contributed by atoms with Crippen LogP contribution < -0.4 is 11.1 Å². The maximum absolute atomic E-state index is 12.4.